The molecule has 0 N–H and O–H groups in total. The van der Waals surface area contributed by atoms with Crippen molar-refractivity contribution in [2.24, 2.45) is 0 Å². The zero-order valence-corrected chi connectivity index (χ0v) is 37.6. The van der Waals surface area contributed by atoms with E-state index >= 15 is 4.57 Å². The molecule has 0 aliphatic carbocycles. The van der Waals surface area contributed by atoms with E-state index in [1.54, 1.807) is 23.1 Å². The van der Waals surface area contributed by atoms with Gasteiger partial charge in [-0.05, 0) is 64.7 Å². The van der Waals surface area contributed by atoms with Gasteiger partial charge in [-0.15, -0.1) is 11.3 Å². The minimum atomic E-state index is -3.45. The fourth-order valence-corrected chi connectivity index (χ4v) is 16.1. The number of nitrogens with zero attached hydrogens (tertiary/aromatic N) is 3. The topological polar surface area (TPSA) is 68.9 Å². The molecule has 2 unspecified atom stereocenters. The highest BCUT2D eigenvalue weighted by Crippen LogP contribution is 2.62. The normalized spacial score (nSPS) is 17.2. The van der Waals surface area contributed by atoms with Crippen molar-refractivity contribution in [3.63, 3.8) is 0 Å². The van der Waals surface area contributed by atoms with E-state index in [4.69, 9.17) is 19.4 Å². The maximum absolute atomic E-state index is 16.6. The predicted molar refractivity (Wildman–Crippen MR) is 272 cm³/mol. The molecule has 2 atom stereocenters. The van der Waals surface area contributed by atoms with E-state index in [2.05, 4.69) is 127 Å². The van der Waals surface area contributed by atoms with E-state index in [9.17, 15) is 0 Å². The third kappa shape index (κ3) is 5.36. The maximum atomic E-state index is 16.6. The van der Waals surface area contributed by atoms with E-state index in [0.29, 0.717) is 17.5 Å². The molecule has 0 bridgehead atoms. The van der Waals surface area contributed by atoms with Crippen molar-refractivity contribution >= 4 is 88.3 Å². The van der Waals surface area contributed by atoms with Crippen LogP contribution in [-0.4, -0.2) is 15.0 Å². The third-order valence-electron chi connectivity index (χ3n) is 13.5. The van der Waals surface area contributed by atoms with Gasteiger partial charge in [-0.25, -0.2) is 15.0 Å². The quantitative estimate of drug-likeness (QED) is 0.164. The summed E-state index contributed by atoms with van der Waals surface area (Å²) < 4.78 is 25.6. The second-order valence-electron chi connectivity index (χ2n) is 17.0. The van der Waals surface area contributed by atoms with Crippen molar-refractivity contribution < 1.29 is 8.98 Å². The molecule has 0 radical (unpaired) electrons. The molecule has 5 nitrogen and oxygen atoms in total. The zero-order valence-electron chi connectivity index (χ0n) is 35.1. The second kappa shape index (κ2) is 14.3. The summed E-state index contributed by atoms with van der Waals surface area (Å²) in [7, 11) is -3.45. The predicted octanol–water partition coefficient (Wildman–Crippen LogP) is 13.9. The monoisotopic (exact) mass is 899 g/mol. The molecule has 0 fully saturated rings. The molecule has 12 aromatic rings. The van der Waals surface area contributed by atoms with Gasteiger partial charge >= 0.3 is 0 Å². The van der Waals surface area contributed by atoms with Gasteiger partial charge in [0, 0.05) is 73.3 Å². The van der Waals surface area contributed by atoms with E-state index in [0.717, 1.165) is 86.6 Å². The van der Waals surface area contributed by atoms with E-state index in [-0.39, 0.29) is 0 Å². The zero-order chi connectivity index (χ0) is 43.6. The summed E-state index contributed by atoms with van der Waals surface area (Å²) in [5, 5.41) is 6.93. The largest absolute Gasteiger partial charge is 0.456 e. The second-order valence-corrected chi connectivity index (χ2v) is 21.8. The molecule has 3 aromatic heterocycles. The third-order valence-corrected chi connectivity index (χ3v) is 18.9. The van der Waals surface area contributed by atoms with Crippen LogP contribution < -0.4 is 15.9 Å². The SMILES string of the molecule is O=P1(c2ccccc2)c2ccccc2C2(c3ccccc3Sc3cc(-c4nc(-c5ccccc5)nc(-c5ccc6c(c5)sc5ccccc56)n4)ccc32)c2cc3c(cc21)oc1ccccc13. The molecule has 0 saturated heterocycles. The Morgan fingerprint density at radius 1 is 0.409 bits per heavy atom. The van der Waals surface area contributed by atoms with Crippen molar-refractivity contribution in [2.45, 2.75) is 15.2 Å². The minimum absolute atomic E-state index is 0.594. The van der Waals surface area contributed by atoms with Crippen LogP contribution in [0.25, 0.3) is 76.3 Å². The number of hydrogen-bond acceptors (Lipinski definition) is 7. The number of furan rings is 1. The molecule has 2 aliphatic rings. The molecule has 0 amide bonds. The standard InChI is InChI=1S/C58H34N3O2PS2/c62-64(38-17-5-2-6-18-38)49-24-12-9-21-43(49)58(46-33-42-39-19-7-11-23-47(39)63-48(42)34-50(46)64)44-22-10-14-26-52(44)66-54-32-37(28-30-45(54)58)57-60-55(35-15-3-1-4-16-35)59-56(61-57)36-27-29-41-40-20-8-13-25-51(40)65-53(41)31-36/h1-34H. The number of hydrogen-bond donors (Lipinski definition) is 0. The number of benzene rings is 9. The molecule has 14 rings (SSSR count). The smallest absolute Gasteiger partial charge is 0.171 e. The van der Waals surface area contributed by atoms with Crippen molar-refractivity contribution in [1.29, 1.82) is 0 Å². The van der Waals surface area contributed by atoms with Crippen LogP contribution >= 0.6 is 30.2 Å². The van der Waals surface area contributed by atoms with Crippen molar-refractivity contribution in [3.8, 4) is 34.2 Å². The highest BCUT2D eigenvalue weighted by Gasteiger charge is 2.54. The molecule has 5 heterocycles. The Morgan fingerprint density at radius 2 is 1.03 bits per heavy atom. The lowest BCUT2D eigenvalue weighted by Crippen LogP contribution is -2.48. The molecule has 9 aromatic carbocycles. The molecule has 1 spiro atoms. The van der Waals surface area contributed by atoms with Gasteiger partial charge in [0.15, 0.2) is 24.6 Å². The lowest BCUT2D eigenvalue weighted by molar-refractivity contribution is 0.589. The fraction of sp³-hybridized carbons (Fsp3) is 0.0172. The van der Waals surface area contributed by atoms with Crippen LogP contribution in [0.15, 0.2) is 220 Å². The molecule has 66 heavy (non-hydrogen) atoms. The van der Waals surface area contributed by atoms with Crippen LogP contribution in [-0.2, 0) is 9.98 Å². The highest BCUT2D eigenvalue weighted by molar-refractivity contribution is 7.99. The number of thiophene rings is 1. The summed E-state index contributed by atoms with van der Waals surface area (Å²) in [6.45, 7) is 0. The average Bonchev–Trinajstić information content (AvgIpc) is 3.95. The Kier molecular flexibility index (Phi) is 8.21. The summed E-state index contributed by atoms with van der Waals surface area (Å²) in [5.41, 5.74) is 7.71. The first-order valence-electron chi connectivity index (χ1n) is 21.9. The van der Waals surface area contributed by atoms with Gasteiger partial charge in [0.2, 0.25) is 0 Å². The molecular weight excluding hydrogens is 866 g/mol. The fourth-order valence-electron chi connectivity index (χ4n) is 10.6. The van der Waals surface area contributed by atoms with Crippen LogP contribution in [0.1, 0.15) is 22.3 Å². The van der Waals surface area contributed by atoms with Crippen LogP contribution in [0.2, 0.25) is 0 Å². The lowest BCUT2D eigenvalue weighted by Gasteiger charge is -2.47. The molecule has 8 heteroatoms. The van der Waals surface area contributed by atoms with E-state index in [1.807, 2.05) is 78.9 Å². The van der Waals surface area contributed by atoms with Crippen LogP contribution in [0.3, 0.4) is 0 Å². The van der Waals surface area contributed by atoms with E-state index in [1.165, 1.54) is 20.2 Å². The van der Waals surface area contributed by atoms with E-state index < -0.39 is 12.6 Å². The summed E-state index contributed by atoms with van der Waals surface area (Å²) >= 11 is 3.55. The van der Waals surface area contributed by atoms with Crippen LogP contribution in [0.4, 0.5) is 0 Å². The highest BCUT2D eigenvalue weighted by atomic mass is 32.2. The summed E-state index contributed by atoms with van der Waals surface area (Å²) in [6, 6.07) is 71.6. The molecule has 310 valence electrons. The number of rotatable bonds is 4. The van der Waals surface area contributed by atoms with Gasteiger partial charge in [-0.1, -0.05) is 176 Å². The Labute approximate surface area is 387 Å². The Balaban J connectivity index is 1.03. The van der Waals surface area contributed by atoms with Gasteiger partial charge in [0.25, 0.3) is 0 Å². The first-order valence-corrected chi connectivity index (χ1v) is 25.3. The first kappa shape index (κ1) is 37.9. The van der Waals surface area contributed by atoms with Crippen LogP contribution in [0.5, 0.6) is 0 Å². The summed E-state index contributed by atoms with van der Waals surface area (Å²) in [4.78, 5) is 17.8. The van der Waals surface area contributed by atoms with Crippen molar-refractivity contribution in [2.75, 3.05) is 0 Å². The van der Waals surface area contributed by atoms with Gasteiger partial charge in [0.1, 0.15) is 11.2 Å². The minimum Gasteiger partial charge on any atom is -0.456 e. The van der Waals surface area contributed by atoms with Gasteiger partial charge in [-0.2, -0.15) is 0 Å². The first-order chi connectivity index (χ1) is 32.6. The number of aromatic nitrogens is 3. The summed E-state index contributed by atoms with van der Waals surface area (Å²) in [6.07, 6.45) is 0. The molecular formula is C58H34N3O2PS2. The van der Waals surface area contributed by atoms with Gasteiger partial charge in [-0.3, -0.25) is 0 Å². The summed E-state index contributed by atoms with van der Waals surface area (Å²) in [5.74, 6) is 1.83. The van der Waals surface area contributed by atoms with Gasteiger partial charge in [0.05, 0.1) is 5.41 Å². The van der Waals surface area contributed by atoms with Crippen molar-refractivity contribution in [1.82, 2.24) is 15.0 Å². The number of fused-ring (bicyclic) bond motifs is 14. The van der Waals surface area contributed by atoms with Crippen LogP contribution in [0, 0.1) is 0 Å². The van der Waals surface area contributed by atoms with Gasteiger partial charge < -0.3 is 8.98 Å². The lowest BCUT2D eigenvalue weighted by atomic mass is 9.64. The average molecular weight is 900 g/mol. The van der Waals surface area contributed by atoms with Crippen molar-refractivity contribution in [3.05, 3.63) is 229 Å². The Hall–Kier alpha value is -7.41. The maximum Gasteiger partial charge on any atom is 0.171 e. The molecule has 2 aliphatic heterocycles. The number of para-hydroxylation sites is 1. The molecule has 0 saturated carbocycles. The Morgan fingerprint density at radius 3 is 1.86 bits per heavy atom. The Bertz CT molecular complexity index is 4030.